The number of hydrogen-bond acceptors (Lipinski definition) is 2. The van der Waals surface area contributed by atoms with Gasteiger partial charge in [-0.25, -0.2) is 0 Å². The topological polar surface area (TPSA) is 65.2 Å². The van der Waals surface area contributed by atoms with Crippen molar-refractivity contribution in [3.63, 3.8) is 0 Å². The first kappa shape index (κ1) is 18.7. The lowest BCUT2D eigenvalue weighted by Gasteiger charge is -2.48. The molecule has 3 aromatic rings. The number of carbonyl (C=O) groups excluding carboxylic acids is 2. The van der Waals surface area contributed by atoms with E-state index in [1.165, 1.54) is 0 Å². The van der Waals surface area contributed by atoms with Gasteiger partial charge in [0, 0.05) is 22.8 Å². The third-order valence-electron chi connectivity index (χ3n) is 6.32. The minimum atomic E-state index is -0.469. The van der Waals surface area contributed by atoms with Gasteiger partial charge in [0.2, 0.25) is 11.8 Å². The number of allylic oxidation sites excluding steroid dienone is 2. The number of fused-ring (bicyclic) bond motifs is 1. The lowest BCUT2D eigenvalue weighted by Crippen LogP contribution is -2.59. The number of H-pyrrole nitrogens is 1. The van der Waals surface area contributed by atoms with E-state index in [2.05, 4.69) is 22.5 Å². The zero-order valence-corrected chi connectivity index (χ0v) is 16.8. The largest absolute Gasteiger partial charge is 0.361 e. The van der Waals surface area contributed by atoms with Gasteiger partial charge in [0.1, 0.15) is 6.04 Å². The number of anilines is 1. The average Bonchev–Trinajstić information content (AvgIpc) is 3.24. The van der Waals surface area contributed by atoms with E-state index in [0.717, 1.165) is 41.4 Å². The molecule has 3 atom stereocenters. The summed E-state index contributed by atoms with van der Waals surface area (Å²) < 4.78 is 0. The standard InChI is InChI=1S/C25H25N3O2/c29-23-16-22(17-7-3-1-4-8-17)28(23)24(18-9-5-2-6-10-18)25(30)27-20-11-12-21-19(15-20)13-14-26-21/h1-5,7-8,11-15,18,22,24,26H,6,9-10,16H2,(H,27,30)/t18-,22-,24-/m0/s1. The molecule has 0 saturated carbocycles. The fourth-order valence-corrected chi connectivity index (χ4v) is 4.75. The monoisotopic (exact) mass is 399 g/mol. The maximum Gasteiger partial charge on any atom is 0.247 e. The van der Waals surface area contributed by atoms with Gasteiger partial charge in [0.15, 0.2) is 0 Å². The van der Waals surface area contributed by atoms with Crippen LogP contribution in [0.3, 0.4) is 0 Å². The van der Waals surface area contributed by atoms with Crippen molar-refractivity contribution < 1.29 is 9.59 Å². The van der Waals surface area contributed by atoms with Crippen LogP contribution in [-0.2, 0) is 9.59 Å². The molecule has 0 unspecified atom stereocenters. The number of benzene rings is 2. The van der Waals surface area contributed by atoms with Crippen LogP contribution in [0.25, 0.3) is 10.9 Å². The van der Waals surface area contributed by atoms with Gasteiger partial charge in [-0.3, -0.25) is 9.59 Å². The lowest BCUT2D eigenvalue weighted by molar-refractivity contribution is -0.157. The van der Waals surface area contributed by atoms with E-state index in [-0.39, 0.29) is 23.8 Å². The number of nitrogens with zero attached hydrogens (tertiary/aromatic N) is 1. The van der Waals surface area contributed by atoms with Crippen LogP contribution in [0.1, 0.15) is 37.3 Å². The fourth-order valence-electron chi connectivity index (χ4n) is 4.75. The van der Waals surface area contributed by atoms with Crippen molar-refractivity contribution in [2.45, 2.75) is 37.8 Å². The Morgan fingerprint density at radius 2 is 1.97 bits per heavy atom. The van der Waals surface area contributed by atoms with E-state index in [1.54, 1.807) is 0 Å². The Bertz CT molecular complexity index is 1100. The number of aromatic amines is 1. The molecule has 1 fully saturated rings. The van der Waals surface area contributed by atoms with Gasteiger partial charge in [-0.2, -0.15) is 0 Å². The Balaban J connectivity index is 1.44. The number of rotatable bonds is 5. The first-order chi connectivity index (χ1) is 14.7. The minimum Gasteiger partial charge on any atom is -0.361 e. The molecule has 1 aromatic heterocycles. The molecule has 5 heteroatoms. The SMILES string of the molecule is O=C(Nc1ccc2[nH]ccc2c1)[C@H]([C@H]1CC=CCC1)N1C(=O)C[C@H]1c1ccccc1. The van der Waals surface area contributed by atoms with E-state index in [0.29, 0.717) is 6.42 Å². The molecule has 2 N–H and O–H groups in total. The van der Waals surface area contributed by atoms with Crippen LogP contribution < -0.4 is 5.32 Å². The predicted octanol–water partition coefficient (Wildman–Crippen LogP) is 4.80. The molecule has 1 aliphatic carbocycles. The highest BCUT2D eigenvalue weighted by molar-refractivity contribution is 6.00. The van der Waals surface area contributed by atoms with Gasteiger partial charge in [-0.05, 0) is 55.0 Å². The predicted molar refractivity (Wildman–Crippen MR) is 118 cm³/mol. The Hall–Kier alpha value is -3.34. The first-order valence-corrected chi connectivity index (χ1v) is 10.6. The molecule has 5 rings (SSSR count). The summed E-state index contributed by atoms with van der Waals surface area (Å²) in [5, 5.41) is 4.14. The second-order valence-corrected chi connectivity index (χ2v) is 8.19. The zero-order valence-electron chi connectivity index (χ0n) is 16.8. The van der Waals surface area contributed by atoms with Crippen molar-refractivity contribution in [1.82, 2.24) is 9.88 Å². The van der Waals surface area contributed by atoms with Crippen LogP contribution in [0.2, 0.25) is 0 Å². The van der Waals surface area contributed by atoms with Crippen LogP contribution in [-0.4, -0.2) is 27.7 Å². The molecule has 2 aliphatic rings. The molecule has 30 heavy (non-hydrogen) atoms. The number of likely N-dealkylation sites (tertiary alicyclic amines) is 1. The van der Waals surface area contributed by atoms with Crippen LogP contribution in [0.15, 0.2) is 72.9 Å². The summed E-state index contributed by atoms with van der Waals surface area (Å²) >= 11 is 0. The first-order valence-electron chi connectivity index (χ1n) is 10.6. The van der Waals surface area contributed by atoms with Gasteiger partial charge < -0.3 is 15.2 Å². The molecule has 1 saturated heterocycles. The van der Waals surface area contributed by atoms with Gasteiger partial charge in [0.25, 0.3) is 0 Å². The summed E-state index contributed by atoms with van der Waals surface area (Å²) in [6.07, 6.45) is 9.33. The van der Waals surface area contributed by atoms with Crippen molar-refractivity contribution in [3.05, 3.63) is 78.5 Å². The molecule has 1 aliphatic heterocycles. The number of carbonyl (C=O) groups is 2. The number of β-lactam (4-membered cyclic amide) rings is 1. The quantitative estimate of drug-likeness (QED) is 0.478. The van der Waals surface area contributed by atoms with Crippen LogP contribution in [0.4, 0.5) is 5.69 Å². The van der Waals surface area contributed by atoms with Crippen LogP contribution in [0, 0.1) is 5.92 Å². The molecule has 0 bridgehead atoms. The lowest BCUT2D eigenvalue weighted by atomic mass is 9.81. The van der Waals surface area contributed by atoms with Gasteiger partial charge in [-0.15, -0.1) is 0 Å². The van der Waals surface area contributed by atoms with Crippen molar-refractivity contribution in [2.24, 2.45) is 5.92 Å². The van der Waals surface area contributed by atoms with Gasteiger partial charge in [-0.1, -0.05) is 42.5 Å². The molecule has 152 valence electrons. The van der Waals surface area contributed by atoms with Crippen LogP contribution >= 0.6 is 0 Å². The molecule has 2 heterocycles. The number of aromatic nitrogens is 1. The summed E-state index contributed by atoms with van der Waals surface area (Å²) in [4.78, 5) is 31.2. The average molecular weight is 399 g/mol. The van der Waals surface area contributed by atoms with E-state index in [4.69, 9.17) is 0 Å². The summed E-state index contributed by atoms with van der Waals surface area (Å²) in [6.45, 7) is 0. The van der Waals surface area contributed by atoms with Crippen molar-refractivity contribution in [1.29, 1.82) is 0 Å². The molecule has 2 amide bonds. The van der Waals surface area contributed by atoms with E-state index < -0.39 is 6.04 Å². The number of amides is 2. The maximum absolute atomic E-state index is 13.5. The number of nitrogens with one attached hydrogen (secondary N) is 2. The molecular weight excluding hydrogens is 374 g/mol. The maximum atomic E-state index is 13.5. The molecule has 0 radical (unpaired) electrons. The van der Waals surface area contributed by atoms with Crippen molar-refractivity contribution >= 4 is 28.4 Å². The van der Waals surface area contributed by atoms with E-state index in [9.17, 15) is 9.59 Å². The van der Waals surface area contributed by atoms with Gasteiger partial charge >= 0.3 is 0 Å². The summed E-state index contributed by atoms with van der Waals surface area (Å²) in [7, 11) is 0. The smallest absolute Gasteiger partial charge is 0.247 e. The molecule has 5 nitrogen and oxygen atoms in total. The third kappa shape index (κ3) is 3.41. The Kier molecular flexibility index (Phi) is 4.87. The Morgan fingerprint density at radius 3 is 2.73 bits per heavy atom. The summed E-state index contributed by atoms with van der Waals surface area (Å²) in [5.74, 6) is 0.0836. The highest BCUT2D eigenvalue weighted by Crippen LogP contribution is 2.40. The Labute approximate surface area is 175 Å². The zero-order chi connectivity index (χ0) is 20.5. The summed E-state index contributed by atoms with van der Waals surface area (Å²) in [6, 6.07) is 17.3. The minimum absolute atomic E-state index is 0.0347. The normalized spacial score (nSPS) is 22.0. The van der Waals surface area contributed by atoms with Crippen LogP contribution in [0.5, 0.6) is 0 Å². The van der Waals surface area contributed by atoms with E-state index >= 15 is 0 Å². The highest BCUT2D eigenvalue weighted by Gasteiger charge is 2.47. The van der Waals surface area contributed by atoms with E-state index in [1.807, 2.05) is 65.7 Å². The molecule has 0 spiro atoms. The Morgan fingerprint density at radius 1 is 1.10 bits per heavy atom. The second-order valence-electron chi connectivity index (χ2n) is 8.19. The fraction of sp³-hybridized carbons (Fsp3) is 0.280. The number of hydrogen-bond donors (Lipinski definition) is 2. The summed E-state index contributed by atoms with van der Waals surface area (Å²) in [5.41, 5.74) is 2.88. The second kappa shape index (κ2) is 7.82. The highest BCUT2D eigenvalue weighted by atomic mass is 16.2. The van der Waals surface area contributed by atoms with Crippen molar-refractivity contribution in [3.8, 4) is 0 Å². The molecule has 2 aromatic carbocycles. The molecular formula is C25H25N3O2. The van der Waals surface area contributed by atoms with Gasteiger partial charge in [0.05, 0.1) is 12.5 Å². The third-order valence-corrected chi connectivity index (χ3v) is 6.32. The van der Waals surface area contributed by atoms with Crippen molar-refractivity contribution in [2.75, 3.05) is 5.32 Å².